The lowest BCUT2D eigenvalue weighted by atomic mass is 10.0. The average molecular weight is 190 g/mol. The molecule has 0 saturated carbocycles. The monoisotopic (exact) mass is 190 g/mol. The predicted octanol–water partition coefficient (Wildman–Crippen LogP) is 1.93. The fraction of sp³-hybridized carbons (Fsp3) is 0.583. The van der Waals surface area contributed by atoms with Crippen LogP contribution in [0.3, 0.4) is 0 Å². The van der Waals surface area contributed by atoms with Crippen molar-refractivity contribution < 1.29 is 0 Å². The summed E-state index contributed by atoms with van der Waals surface area (Å²) in [6.07, 6.45) is 2.18. The van der Waals surface area contributed by atoms with Crippen molar-refractivity contribution in [3.05, 3.63) is 29.1 Å². The third-order valence-electron chi connectivity index (χ3n) is 2.60. The van der Waals surface area contributed by atoms with Crippen LogP contribution in [-0.2, 0) is 19.4 Å². The fourth-order valence-electron chi connectivity index (χ4n) is 1.91. The van der Waals surface area contributed by atoms with Crippen LogP contribution in [0.2, 0.25) is 0 Å². The van der Waals surface area contributed by atoms with Crippen LogP contribution in [0.25, 0.3) is 0 Å². The van der Waals surface area contributed by atoms with Crippen molar-refractivity contribution in [1.82, 2.24) is 10.3 Å². The summed E-state index contributed by atoms with van der Waals surface area (Å²) in [7, 11) is 0. The van der Waals surface area contributed by atoms with Crippen LogP contribution in [-0.4, -0.2) is 11.5 Å². The molecule has 1 aliphatic heterocycles. The lowest BCUT2D eigenvalue weighted by Crippen LogP contribution is -2.24. The number of hydrogen-bond donors (Lipinski definition) is 1. The predicted molar refractivity (Wildman–Crippen MR) is 58.2 cm³/mol. The van der Waals surface area contributed by atoms with Crippen molar-refractivity contribution in [2.75, 3.05) is 6.54 Å². The van der Waals surface area contributed by atoms with Crippen LogP contribution in [0.5, 0.6) is 0 Å². The van der Waals surface area contributed by atoms with Gasteiger partial charge in [-0.05, 0) is 24.0 Å². The van der Waals surface area contributed by atoms with E-state index in [-0.39, 0.29) is 0 Å². The third-order valence-corrected chi connectivity index (χ3v) is 2.60. The summed E-state index contributed by atoms with van der Waals surface area (Å²) in [6, 6.07) is 4.40. The van der Waals surface area contributed by atoms with Crippen molar-refractivity contribution in [2.45, 2.75) is 33.2 Å². The molecule has 0 atom stereocenters. The van der Waals surface area contributed by atoms with E-state index in [1.54, 1.807) is 0 Å². The molecule has 0 radical (unpaired) electrons. The first kappa shape index (κ1) is 9.66. The summed E-state index contributed by atoms with van der Waals surface area (Å²) < 4.78 is 0. The second kappa shape index (κ2) is 4.09. The van der Waals surface area contributed by atoms with Crippen LogP contribution in [0.4, 0.5) is 0 Å². The first-order chi connectivity index (χ1) is 6.75. The molecule has 0 aromatic carbocycles. The summed E-state index contributed by atoms with van der Waals surface area (Å²) >= 11 is 0. The molecule has 14 heavy (non-hydrogen) atoms. The molecule has 0 spiro atoms. The maximum Gasteiger partial charge on any atom is 0.0464 e. The lowest BCUT2D eigenvalue weighted by molar-refractivity contribution is 0.607. The Labute approximate surface area is 85.7 Å². The molecule has 2 heteroatoms. The van der Waals surface area contributed by atoms with Gasteiger partial charge in [0.05, 0.1) is 0 Å². The minimum Gasteiger partial charge on any atom is -0.312 e. The van der Waals surface area contributed by atoms with Crippen LogP contribution in [0.15, 0.2) is 12.1 Å². The van der Waals surface area contributed by atoms with E-state index in [0.29, 0.717) is 5.92 Å². The molecule has 1 aromatic rings. The molecule has 0 unspecified atom stereocenters. The molecule has 1 N–H and O–H groups in total. The van der Waals surface area contributed by atoms with Gasteiger partial charge in [-0.3, -0.25) is 4.98 Å². The van der Waals surface area contributed by atoms with E-state index in [9.17, 15) is 0 Å². The molecule has 1 aromatic heterocycles. The topological polar surface area (TPSA) is 24.9 Å². The van der Waals surface area contributed by atoms with Gasteiger partial charge in [0, 0.05) is 30.9 Å². The molecule has 76 valence electrons. The lowest BCUT2D eigenvalue weighted by Gasteiger charge is -2.17. The van der Waals surface area contributed by atoms with E-state index >= 15 is 0 Å². The second-order valence-corrected chi connectivity index (χ2v) is 4.43. The maximum absolute atomic E-state index is 4.71. The molecule has 0 aliphatic carbocycles. The van der Waals surface area contributed by atoms with Gasteiger partial charge in [0.15, 0.2) is 0 Å². The molecular weight excluding hydrogens is 172 g/mol. The summed E-state index contributed by atoms with van der Waals surface area (Å²) in [5.74, 6) is 0.697. The van der Waals surface area contributed by atoms with Crippen molar-refractivity contribution in [1.29, 1.82) is 0 Å². The van der Waals surface area contributed by atoms with Crippen LogP contribution in [0, 0.1) is 5.92 Å². The Morgan fingerprint density at radius 2 is 2.29 bits per heavy atom. The van der Waals surface area contributed by atoms with Crippen LogP contribution >= 0.6 is 0 Å². The number of nitrogens with zero attached hydrogens (tertiary/aromatic N) is 1. The van der Waals surface area contributed by atoms with E-state index in [0.717, 1.165) is 25.9 Å². The number of aromatic nitrogens is 1. The highest BCUT2D eigenvalue weighted by atomic mass is 14.9. The van der Waals surface area contributed by atoms with Gasteiger partial charge < -0.3 is 5.32 Å². The Balaban J connectivity index is 2.20. The van der Waals surface area contributed by atoms with Crippen molar-refractivity contribution in [3.8, 4) is 0 Å². The van der Waals surface area contributed by atoms with Gasteiger partial charge in [-0.25, -0.2) is 0 Å². The van der Waals surface area contributed by atoms with Crippen LogP contribution in [0.1, 0.15) is 30.8 Å². The van der Waals surface area contributed by atoms with Gasteiger partial charge in [0.2, 0.25) is 0 Å². The zero-order chi connectivity index (χ0) is 9.97. The van der Waals surface area contributed by atoms with Gasteiger partial charge in [0.1, 0.15) is 0 Å². The van der Waals surface area contributed by atoms with Crippen molar-refractivity contribution >= 4 is 0 Å². The van der Waals surface area contributed by atoms with Crippen LogP contribution < -0.4 is 5.32 Å². The van der Waals surface area contributed by atoms with Gasteiger partial charge in [0.25, 0.3) is 0 Å². The highest BCUT2D eigenvalue weighted by molar-refractivity contribution is 5.25. The zero-order valence-corrected chi connectivity index (χ0v) is 9.01. The van der Waals surface area contributed by atoms with Gasteiger partial charge in [-0.15, -0.1) is 0 Å². The molecule has 0 amide bonds. The second-order valence-electron chi connectivity index (χ2n) is 4.43. The quantitative estimate of drug-likeness (QED) is 0.770. The first-order valence-electron chi connectivity index (χ1n) is 5.44. The van der Waals surface area contributed by atoms with E-state index in [1.807, 2.05) is 0 Å². The Kier molecular flexibility index (Phi) is 2.82. The minimum absolute atomic E-state index is 0.697. The molecule has 2 rings (SSSR count). The molecule has 0 saturated heterocycles. The Morgan fingerprint density at radius 3 is 3.07 bits per heavy atom. The third kappa shape index (κ3) is 2.13. The fourth-order valence-corrected chi connectivity index (χ4v) is 1.91. The van der Waals surface area contributed by atoms with E-state index < -0.39 is 0 Å². The largest absolute Gasteiger partial charge is 0.312 e. The molecular formula is C12H18N2. The highest BCUT2D eigenvalue weighted by Crippen LogP contribution is 2.14. The number of hydrogen-bond acceptors (Lipinski definition) is 2. The Bertz CT molecular complexity index is 318. The summed E-state index contributed by atoms with van der Waals surface area (Å²) in [5.41, 5.74) is 3.94. The number of rotatable bonds is 2. The number of fused-ring (bicyclic) bond motifs is 1. The normalized spacial score (nSPS) is 15.6. The van der Waals surface area contributed by atoms with E-state index in [2.05, 4.69) is 31.3 Å². The van der Waals surface area contributed by atoms with E-state index in [1.165, 1.54) is 17.0 Å². The van der Waals surface area contributed by atoms with Crippen molar-refractivity contribution in [3.63, 3.8) is 0 Å². The van der Waals surface area contributed by atoms with Gasteiger partial charge >= 0.3 is 0 Å². The molecule has 0 bridgehead atoms. The maximum atomic E-state index is 4.71. The van der Waals surface area contributed by atoms with E-state index in [4.69, 9.17) is 4.98 Å². The number of nitrogens with one attached hydrogen (secondary N) is 1. The smallest absolute Gasteiger partial charge is 0.0464 e. The SMILES string of the molecule is CC(C)Cc1ccc2c(n1)CCNC2. The van der Waals surface area contributed by atoms with Crippen molar-refractivity contribution in [2.24, 2.45) is 5.92 Å². The first-order valence-corrected chi connectivity index (χ1v) is 5.44. The molecule has 0 fully saturated rings. The average Bonchev–Trinajstić information content (AvgIpc) is 2.17. The minimum atomic E-state index is 0.697. The number of pyridine rings is 1. The summed E-state index contributed by atoms with van der Waals surface area (Å²) in [4.78, 5) is 4.71. The zero-order valence-electron chi connectivity index (χ0n) is 9.01. The molecule has 2 heterocycles. The Morgan fingerprint density at radius 1 is 1.43 bits per heavy atom. The summed E-state index contributed by atoms with van der Waals surface area (Å²) in [6.45, 7) is 6.54. The molecule has 1 aliphatic rings. The highest BCUT2D eigenvalue weighted by Gasteiger charge is 2.10. The standard InChI is InChI=1S/C12H18N2/c1-9(2)7-11-4-3-10-8-13-6-5-12(10)14-11/h3-4,9,13H,5-8H2,1-2H3. The Hall–Kier alpha value is -0.890. The summed E-state index contributed by atoms with van der Waals surface area (Å²) in [5, 5.41) is 3.36. The van der Waals surface area contributed by atoms with Gasteiger partial charge in [-0.2, -0.15) is 0 Å². The molecule has 2 nitrogen and oxygen atoms in total. The van der Waals surface area contributed by atoms with Gasteiger partial charge in [-0.1, -0.05) is 19.9 Å².